The fourth-order valence-electron chi connectivity index (χ4n) is 2.36. The summed E-state index contributed by atoms with van der Waals surface area (Å²) >= 11 is 5.14. The van der Waals surface area contributed by atoms with E-state index in [1.165, 1.54) is 6.20 Å². The number of nitrogens with zero attached hydrogens (tertiary/aromatic N) is 2. The molecule has 1 aliphatic heterocycles. The van der Waals surface area contributed by atoms with Crippen LogP contribution in [-0.4, -0.2) is 41.7 Å². The molecule has 0 bridgehead atoms. The zero-order chi connectivity index (χ0) is 15.2. The molecule has 2 heterocycles. The van der Waals surface area contributed by atoms with Gasteiger partial charge in [0.2, 0.25) is 5.91 Å². The molecule has 0 atom stereocenters. The van der Waals surface area contributed by atoms with Crippen LogP contribution in [0.15, 0.2) is 12.3 Å². The Kier molecular flexibility index (Phi) is 5.56. The normalized spacial score (nSPS) is 15.8. The van der Waals surface area contributed by atoms with Crippen molar-refractivity contribution in [2.45, 2.75) is 26.2 Å². The summed E-state index contributed by atoms with van der Waals surface area (Å²) in [6.45, 7) is 4.45. The van der Waals surface area contributed by atoms with Crippen LogP contribution in [0.1, 0.15) is 36.5 Å². The molecule has 21 heavy (non-hydrogen) atoms. The van der Waals surface area contributed by atoms with Crippen molar-refractivity contribution >= 4 is 18.0 Å². The molecule has 5 nitrogen and oxygen atoms in total. The number of piperidine rings is 1. The lowest BCUT2D eigenvalue weighted by molar-refractivity contribution is -0.287. The highest BCUT2D eigenvalue weighted by Gasteiger charge is 2.20. The second-order valence-corrected chi connectivity index (χ2v) is 5.91. The summed E-state index contributed by atoms with van der Waals surface area (Å²) in [6, 6.07) is 1.60. The predicted octanol–water partition coefficient (Wildman–Crippen LogP) is 1.65. The zero-order valence-electron chi connectivity index (χ0n) is 12.2. The summed E-state index contributed by atoms with van der Waals surface area (Å²) in [5.41, 5.74) is 0.462. The molecule has 0 aliphatic carbocycles. The van der Waals surface area contributed by atoms with Crippen LogP contribution in [0.4, 0.5) is 5.82 Å². The molecular formula is C15H21ClN3O2+. The van der Waals surface area contributed by atoms with Gasteiger partial charge in [-0.25, -0.2) is 4.98 Å². The molecule has 6 heteroatoms. The SMILES string of the molecule is CC1CCN(C(=O)CCNc2ncc(C=O)cc2[ClH+])CC1. The number of aldehydes is 1. The van der Waals surface area contributed by atoms with Crippen molar-refractivity contribution in [3.05, 3.63) is 22.8 Å². The molecule has 1 N–H and O–H groups in total. The van der Waals surface area contributed by atoms with Gasteiger partial charge in [0.15, 0.2) is 23.7 Å². The van der Waals surface area contributed by atoms with Gasteiger partial charge in [-0.3, -0.25) is 9.59 Å². The molecule has 1 fully saturated rings. The summed E-state index contributed by atoms with van der Waals surface area (Å²) < 4.78 is 0. The Labute approximate surface area is 129 Å². The highest BCUT2D eigenvalue weighted by Crippen LogP contribution is 2.17. The van der Waals surface area contributed by atoms with Crippen molar-refractivity contribution in [2.75, 3.05) is 25.0 Å². The van der Waals surface area contributed by atoms with Crippen molar-refractivity contribution in [3.8, 4) is 0 Å². The van der Waals surface area contributed by atoms with Crippen LogP contribution in [-0.2, 0) is 4.79 Å². The molecule has 0 saturated carbocycles. The van der Waals surface area contributed by atoms with Crippen LogP contribution in [0.3, 0.4) is 0 Å². The second-order valence-electron chi connectivity index (χ2n) is 5.47. The van der Waals surface area contributed by atoms with Gasteiger partial charge in [0.05, 0.1) is 0 Å². The number of rotatable bonds is 5. The van der Waals surface area contributed by atoms with Gasteiger partial charge >= 0.3 is 0 Å². The summed E-state index contributed by atoms with van der Waals surface area (Å²) in [6.07, 6.45) is 4.79. The van der Waals surface area contributed by atoms with E-state index in [1.54, 1.807) is 6.07 Å². The van der Waals surface area contributed by atoms with Gasteiger partial charge in [-0.05, 0) is 18.8 Å². The van der Waals surface area contributed by atoms with E-state index >= 15 is 0 Å². The number of carbonyl (C=O) groups is 2. The number of likely N-dealkylation sites (tertiary alicyclic amines) is 1. The molecular weight excluding hydrogens is 290 g/mol. The molecule has 0 radical (unpaired) electrons. The van der Waals surface area contributed by atoms with E-state index in [-0.39, 0.29) is 5.91 Å². The van der Waals surface area contributed by atoms with E-state index in [1.807, 2.05) is 4.90 Å². The molecule has 1 aliphatic rings. The maximum absolute atomic E-state index is 12.1. The van der Waals surface area contributed by atoms with Gasteiger partial charge in [0, 0.05) is 43.9 Å². The van der Waals surface area contributed by atoms with Gasteiger partial charge in [-0.1, -0.05) is 6.92 Å². The van der Waals surface area contributed by atoms with E-state index in [2.05, 4.69) is 17.2 Å². The quantitative estimate of drug-likeness (QED) is 0.840. The first-order chi connectivity index (χ1) is 10.1. The third kappa shape index (κ3) is 4.43. The first-order valence-electron chi connectivity index (χ1n) is 7.24. The summed E-state index contributed by atoms with van der Waals surface area (Å²) in [4.78, 5) is 28.7. The predicted molar refractivity (Wildman–Crippen MR) is 78.3 cm³/mol. The van der Waals surface area contributed by atoms with E-state index in [4.69, 9.17) is 11.6 Å². The Bertz CT molecular complexity index is 514. The average molecular weight is 311 g/mol. The first-order valence-corrected chi connectivity index (χ1v) is 7.65. The van der Waals surface area contributed by atoms with Crippen LogP contribution >= 0.6 is 0 Å². The Morgan fingerprint density at radius 2 is 2.24 bits per heavy atom. The Morgan fingerprint density at radius 1 is 1.52 bits per heavy atom. The van der Waals surface area contributed by atoms with E-state index in [9.17, 15) is 9.59 Å². The van der Waals surface area contributed by atoms with Gasteiger partial charge in [0.25, 0.3) is 5.02 Å². The third-order valence-corrected chi connectivity index (χ3v) is 4.09. The van der Waals surface area contributed by atoms with Gasteiger partial charge in [0.1, 0.15) is 0 Å². The highest BCUT2D eigenvalue weighted by atomic mass is 35.5. The second kappa shape index (κ2) is 7.41. The number of aromatic nitrogens is 1. The maximum Gasteiger partial charge on any atom is 0.268 e. The van der Waals surface area contributed by atoms with Crippen LogP contribution < -0.4 is 5.32 Å². The Hall–Kier alpha value is -1.62. The highest BCUT2D eigenvalue weighted by molar-refractivity contribution is 5.77. The zero-order valence-corrected chi connectivity index (χ0v) is 13.0. The summed E-state index contributed by atoms with van der Waals surface area (Å²) in [5.74, 6) is 1.44. The number of carbonyl (C=O) groups excluding carboxylic acids is 2. The lowest BCUT2D eigenvalue weighted by Crippen LogP contribution is -2.38. The van der Waals surface area contributed by atoms with Crippen molar-refractivity contribution < 1.29 is 21.2 Å². The minimum absolute atomic E-state index is 0.171. The number of anilines is 1. The molecule has 0 spiro atoms. The Balaban J connectivity index is 1.78. The smallest absolute Gasteiger partial charge is 0.268 e. The standard InChI is InChI=1S/C15H20ClN3O2/c1-11-3-6-19(7-4-11)14(21)2-5-17-15-13(16)8-12(10-20)9-18-15/h8-11,16H,2-7H2,1H3/p+1. The molecule has 1 amide bonds. The van der Waals surface area contributed by atoms with Crippen molar-refractivity contribution in [1.29, 1.82) is 0 Å². The van der Waals surface area contributed by atoms with Crippen molar-refractivity contribution in [2.24, 2.45) is 5.92 Å². The third-order valence-electron chi connectivity index (χ3n) is 3.78. The number of hydrogen-bond donors (Lipinski definition) is 1. The van der Waals surface area contributed by atoms with Crippen LogP contribution in [0.25, 0.3) is 0 Å². The van der Waals surface area contributed by atoms with E-state index in [0.717, 1.165) is 31.8 Å². The summed E-state index contributed by atoms with van der Waals surface area (Å²) in [7, 11) is 0. The lowest BCUT2D eigenvalue weighted by atomic mass is 9.99. The minimum Gasteiger partial charge on any atom is -0.365 e. The number of amides is 1. The van der Waals surface area contributed by atoms with Crippen molar-refractivity contribution in [3.63, 3.8) is 0 Å². The number of pyridine rings is 1. The number of hydrogen-bond acceptors (Lipinski definition) is 4. The number of halogens is 1. The van der Waals surface area contributed by atoms with Gasteiger partial charge in [-0.2, -0.15) is 0 Å². The molecule has 0 unspecified atom stereocenters. The topological polar surface area (TPSA) is 62.3 Å². The van der Waals surface area contributed by atoms with Gasteiger partial charge < -0.3 is 10.2 Å². The van der Waals surface area contributed by atoms with Gasteiger partial charge in [-0.15, -0.1) is 0 Å². The first kappa shape index (κ1) is 15.8. The molecule has 1 aromatic heterocycles. The monoisotopic (exact) mass is 310 g/mol. The fourth-order valence-corrected chi connectivity index (χ4v) is 2.62. The molecule has 2 rings (SSSR count). The number of nitrogens with one attached hydrogen (secondary N) is 1. The van der Waals surface area contributed by atoms with Crippen molar-refractivity contribution in [1.82, 2.24) is 9.88 Å². The van der Waals surface area contributed by atoms with Crippen LogP contribution in [0.2, 0.25) is 5.02 Å². The van der Waals surface area contributed by atoms with E-state index < -0.39 is 0 Å². The Morgan fingerprint density at radius 3 is 2.86 bits per heavy atom. The molecule has 1 aromatic rings. The fraction of sp³-hybridized carbons (Fsp3) is 0.533. The lowest BCUT2D eigenvalue weighted by Gasteiger charge is -2.30. The molecule has 114 valence electrons. The van der Waals surface area contributed by atoms with Crippen LogP contribution in [0.5, 0.6) is 0 Å². The maximum atomic E-state index is 12.1. The molecule has 1 saturated heterocycles. The largest absolute Gasteiger partial charge is 0.365 e. The van der Waals surface area contributed by atoms with Crippen LogP contribution in [0, 0.1) is 17.5 Å². The molecule has 0 aromatic carbocycles. The minimum atomic E-state index is 0.171. The van der Waals surface area contributed by atoms with E-state index in [0.29, 0.717) is 35.7 Å². The average Bonchev–Trinajstić information content (AvgIpc) is 2.49. The summed E-state index contributed by atoms with van der Waals surface area (Å²) in [5, 5.41) is 3.56.